The van der Waals surface area contributed by atoms with Crippen LogP contribution in [0.15, 0.2) is 6.07 Å². The van der Waals surface area contributed by atoms with Crippen molar-refractivity contribution in [3.63, 3.8) is 0 Å². The fourth-order valence-electron chi connectivity index (χ4n) is 3.00. The van der Waals surface area contributed by atoms with Crippen molar-refractivity contribution < 1.29 is 9.47 Å². The number of rotatable bonds is 2. The summed E-state index contributed by atoms with van der Waals surface area (Å²) in [4.78, 5) is 0. The molecule has 2 aliphatic rings. The van der Waals surface area contributed by atoms with E-state index in [-0.39, 0.29) is 0 Å². The molecule has 2 heterocycles. The van der Waals surface area contributed by atoms with Crippen molar-refractivity contribution in [2.75, 3.05) is 19.8 Å². The first-order valence-corrected chi connectivity index (χ1v) is 6.95. The Hall–Kier alpha value is -1.22. The second-order valence-electron chi connectivity index (χ2n) is 5.30. The molecule has 0 spiro atoms. The van der Waals surface area contributed by atoms with Crippen LogP contribution >= 0.6 is 0 Å². The third-order valence-electron chi connectivity index (χ3n) is 3.98. The molecule has 0 amide bonds. The maximum atomic E-state index is 5.93. The molecule has 0 saturated heterocycles. The number of fused-ring (bicyclic) bond motifs is 2. The summed E-state index contributed by atoms with van der Waals surface area (Å²) in [6, 6.07) is 2.19. The van der Waals surface area contributed by atoms with Crippen molar-refractivity contribution >= 4 is 0 Å². The van der Waals surface area contributed by atoms with Gasteiger partial charge in [-0.15, -0.1) is 0 Å². The average Bonchev–Trinajstić information content (AvgIpc) is 2.44. The highest BCUT2D eigenvalue weighted by Crippen LogP contribution is 2.42. The van der Waals surface area contributed by atoms with Gasteiger partial charge in [0.25, 0.3) is 0 Å². The number of ether oxygens (including phenoxy) is 2. The Kier molecular flexibility index (Phi) is 3.16. The minimum atomic E-state index is 0.341. The van der Waals surface area contributed by atoms with Crippen LogP contribution in [-0.2, 0) is 12.8 Å². The lowest BCUT2D eigenvalue weighted by Crippen LogP contribution is -2.20. The molecule has 1 aromatic rings. The third-order valence-corrected chi connectivity index (χ3v) is 3.98. The molecule has 1 unspecified atom stereocenters. The van der Waals surface area contributed by atoms with Gasteiger partial charge in [0.15, 0.2) is 0 Å². The first-order chi connectivity index (χ1) is 8.81. The van der Waals surface area contributed by atoms with Gasteiger partial charge in [-0.05, 0) is 49.8 Å². The molecule has 3 heteroatoms. The lowest BCUT2D eigenvalue weighted by atomic mass is 9.87. The van der Waals surface area contributed by atoms with Crippen LogP contribution in [0, 0.1) is 0 Å². The fourth-order valence-corrected chi connectivity index (χ4v) is 3.00. The Balaban J connectivity index is 2.17. The molecule has 18 heavy (non-hydrogen) atoms. The van der Waals surface area contributed by atoms with Gasteiger partial charge in [0.1, 0.15) is 11.5 Å². The smallest absolute Gasteiger partial charge is 0.126 e. The summed E-state index contributed by atoms with van der Waals surface area (Å²) in [6.45, 7) is 4.51. The van der Waals surface area contributed by atoms with E-state index in [9.17, 15) is 0 Å². The predicted molar refractivity (Wildman–Crippen MR) is 71.5 cm³/mol. The summed E-state index contributed by atoms with van der Waals surface area (Å²) in [5.41, 5.74) is 9.82. The molecule has 0 fully saturated rings. The number of aryl methyl sites for hydroxylation is 1. The van der Waals surface area contributed by atoms with E-state index in [1.165, 1.54) is 16.7 Å². The van der Waals surface area contributed by atoms with Crippen molar-refractivity contribution in [1.29, 1.82) is 0 Å². The molecule has 1 aromatic carbocycles. The molecular formula is C15H21NO2. The van der Waals surface area contributed by atoms with Crippen LogP contribution in [0.25, 0.3) is 0 Å². The Labute approximate surface area is 108 Å². The van der Waals surface area contributed by atoms with Gasteiger partial charge in [0, 0.05) is 11.1 Å². The van der Waals surface area contributed by atoms with E-state index in [1.807, 2.05) is 0 Å². The maximum absolute atomic E-state index is 5.93. The molecule has 3 rings (SSSR count). The van der Waals surface area contributed by atoms with E-state index in [2.05, 4.69) is 13.0 Å². The van der Waals surface area contributed by atoms with E-state index in [0.717, 1.165) is 50.4 Å². The van der Waals surface area contributed by atoms with E-state index in [4.69, 9.17) is 15.2 Å². The van der Waals surface area contributed by atoms with Crippen LogP contribution in [0.5, 0.6) is 11.5 Å². The number of hydrogen-bond acceptors (Lipinski definition) is 3. The largest absolute Gasteiger partial charge is 0.493 e. The summed E-state index contributed by atoms with van der Waals surface area (Å²) in [5.74, 6) is 2.51. The number of benzene rings is 1. The van der Waals surface area contributed by atoms with Gasteiger partial charge < -0.3 is 15.2 Å². The van der Waals surface area contributed by atoms with Crippen molar-refractivity contribution in [3.8, 4) is 11.5 Å². The molecule has 1 atom stereocenters. The van der Waals surface area contributed by atoms with Crippen molar-refractivity contribution in [3.05, 3.63) is 22.8 Å². The van der Waals surface area contributed by atoms with Crippen LogP contribution < -0.4 is 15.2 Å². The molecular weight excluding hydrogens is 226 g/mol. The van der Waals surface area contributed by atoms with Crippen LogP contribution in [-0.4, -0.2) is 19.8 Å². The maximum Gasteiger partial charge on any atom is 0.126 e. The van der Waals surface area contributed by atoms with Crippen LogP contribution in [0.1, 0.15) is 42.4 Å². The molecule has 98 valence electrons. The molecule has 0 bridgehead atoms. The molecule has 3 nitrogen and oxygen atoms in total. The lowest BCUT2D eigenvalue weighted by molar-refractivity contribution is 0.268. The summed E-state index contributed by atoms with van der Waals surface area (Å²) >= 11 is 0. The third kappa shape index (κ3) is 1.87. The first-order valence-electron chi connectivity index (χ1n) is 6.95. The standard InChI is InChI=1S/C15H21NO2/c1-10(9-16)14-12-5-3-6-17-13(12)8-11-4-2-7-18-15(11)14/h8,10H,2-7,9,16H2,1H3. The lowest BCUT2D eigenvalue weighted by Gasteiger charge is -2.29. The van der Waals surface area contributed by atoms with Gasteiger partial charge >= 0.3 is 0 Å². The van der Waals surface area contributed by atoms with Gasteiger partial charge in [-0.3, -0.25) is 0 Å². The van der Waals surface area contributed by atoms with Crippen LogP contribution in [0.2, 0.25) is 0 Å². The Bertz CT molecular complexity index is 422. The van der Waals surface area contributed by atoms with Crippen molar-refractivity contribution in [2.45, 2.75) is 38.5 Å². The summed E-state index contributed by atoms with van der Waals surface area (Å²) in [5, 5.41) is 0. The highest BCUT2D eigenvalue weighted by atomic mass is 16.5. The minimum absolute atomic E-state index is 0.341. The van der Waals surface area contributed by atoms with E-state index < -0.39 is 0 Å². The van der Waals surface area contributed by atoms with E-state index in [0.29, 0.717) is 12.5 Å². The number of nitrogens with two attached hydrogens (primary N) is 1. The van der Waals surface area contributed by atoms with Gasteiger partial charge in [0.05, 0.1) is 13.2 Å². The minimum Gasteiger partial charge on any atom is -0.493 e. The normalized spacial score (nSPS) is 19.2. The van der Waals surface area contributed by atoms with Gasteiger partial charge in [-0.2, -0.15) is 0 Å². The quantitative estimate of drug-likeness (QED) is 0.872. The summed E-state index contributed by atoms with van der Waals surface area (Å²) in [7, 11) is 0. The number of hydrogen-bond donors (Lipinski definition) is 1. The topological polar surface area (TPSA) is 44.5 Å². The second-order valence-corrected chi connectivity index (χ2v) is 5.30. The van der Waals surface area contributed by atoms with Crippen molar-refractivity contribution in [2.24, 2.45) is 5.73 Å². The summed E-state index contributed by atoms with van der Waals surface area (Å²) < 4.78 is 11.8. The van der Waals surface area contributed by atoms with Crippen LogP contribution in [0.4, 0.5) is 0 Å². The Morgan fingerprint density at radius 3 is 2.83 bits per heavy atom. The first kappa shape index (κ1) is 11.8. The van der Waals surface area contributed by atoms with Gasteiger partial charge in [-0.25, -0.2) is 0 Å². The second kappa shape index (κ2) is 4.81. The molecule has 2 N–H and O–H groups in total. The fraction of sp³-hybridized carbons (Fsp3) is 0.600. The molecule has 0 aromatic heterocycles. The predicted octanol–water partition coefficient (Wildman–Crippen LogP) is 2.40. The Morgan fingerprint density at radius 2 is 2.00 bits per heavy atom. The molecule has 2 aliphatic heterocycles. The van der Waals surface area contributed by atoms with Gasteiger partial charge in [-0.1, -0.05) is 6.92 Å². The molecule has 0 radical (unpaired) electrons. The average molecular weight is 247 g/mol. The molecule has 0 saturated carbocycles. The highest BCUT2D eigenvalue weighted by Gasteiger charge is 2.26. The zero-order chi connectivity index (χ0) is 12.5. The zero-order valence-electron chi connectivity index (χ0n) is 11.0. The summed E-state index contributed by atoms with van der Waals surface area (Å²) in [6.07, 6.45) is 4.38. The van der Waals surface area contributed by atoms with Crippen LogP contribution in [0.3, 0.4) is 0 Å². The van der Waals surface area contributed by atoms with Crippen molar-refractivity contribution in [1.82, 2.24) is 0 Å². The molecule has 0 aliphatic carbocycles. The SMILES string of the molecule is CC(CN)c1c2c(cc3c1OCCC3)OCCC2. The Morgan fingerprint density at radius 1 is 1.22 bits per heavy atom. The zero-order valence-corrected chi connectivity index (χ0v) is 11.0. The van der Waals surface area contributed by atoms with E-state index >= 15 is 0 Å². The van der Waals surface area contributed by atoms with E-state index in [1.54, 1.807) is 0 Å². The highest BCUT2D eigenvalue weighted by molar-refractivity contribution is 5.56. The monoisotopic (exact) mass is 247 g/mol. The van der Waals surface area contributed by atoms with Gasteiger partial charge in [0.2, 0.25) is 0 Å².